The SMILES string of the molecule is CCCCNC(=O)CSc1nc2cc(C)[nH]c2c(=O)n1C. The Labute approximate surface area is 127 Å². The molecule has 0 aliphatic rings. The van der Waals surface area contributed by atoms with E-state index in [4.69, 9.17) is 0 Å². The van der Waals surface area contributed by atoms with Gasteiger partial charge in [0.25, 0.3) is 5.56 Å². The van der Waals surface area contributed by atoms with E-state index in [-0.39, 0.29) is 17.2 Å². The number of hydrogen-bond donors (Lipinski definition) is 2. The van der Waals surface area contributed by atoms with Crippen LogP contribution in [-0.2, 0) is 11.8 Å². The Balaban J connectivity index is 2.10. The van der Waals surface area contributed by atoms with Crippen molar-refractivity contribution in [2.75, 3.05) is 12.3 Å². The Morgan fingerprint density at radius 1 is 1.52 bits per heavy atom. The molecule has 0 fully saturated rings. The summed E-state index contributed by atoms with van der Waals surface area (Å²) in [4.78, 5) is 31.3. The predicted molar refractivity (Wildman–Crippen MR) is 84.7 cm³/mol. The Hall–Kier alpha value is -1.76. The van der Waals surface area contributed by atoms with Crippen LogP contribution in [-0.4, -0.2) is 32.7 Å². The zero-order valence-corrected chi connectivity index (χ0v) is 13.3. The third-order valence-corrected chi connectivity index (χ3v) is 4.17. The van der Waals surface area contributed by atoms with E-state index >= 15 is 0 Å². The molecule has 0 bridgehead atoms. The number of carbonyl (C=O) groups excluding carboxylic acids is 1. The minimum Gasteiger partial charge on any atom is -0.355 e. The quantitative estimate of drug-likeness (QED) is 0.482. The molecule has 1 amide bonds. The van der Waals surface area contributed by atoms with E-state index in [0.717, 1.165) is 18.5 Å². The average Bonchev–Trinajstić information content (AvgIpc) is 2.82. The highest BCUT2D eigenvalue weighted by Crippen LogP contribution is 2.17. The maximum atomic E-state index is 12.2. The number of nitrogens with zero attached hydrogens (tertiary/aromatic N) is 2. The zero-order valence-electron chi connectivity index (χ0n) is 12.5. The predicted octanol–water partition coefficient (Wildman–Crippen LogP) is 1.58. The van der Waals surface area contributed by atoms with Gasteiger partial charge >= 0.3 is 0 Å². The molecule has 2 heterocycles. The van der Waals surface area contributed by atoms with Gasteiger partial charge in [0, 0.05) is 19.3 Å². The molecule has 0 aliphatic heterocycles. The van der Waals surface area contributed by atoms with Crippen molar-refractivity contribution < 1.29 is 4.79 Å². The summed E-state index contributed by atoms with van der Waals surface area (Å²) in [5, 5.41) is 3.40. The minimum atomic E-state index is -0.123. The van der Waals surface area contributed by atoms with Crippen LogP contribution in [0.2, 0.25) is 0 Å². The molecule has 114 valence electrons. The highest BCUT2D eigenvalue weighted by atomic mass is 32.2. The second kappa shape index (κ2) is 6.80. The minimum absolute atomic E-state index is 0.0342. The summed E-state index contributed by atoms with van der Waals surface area (Å²) in [7, 11) is 1.67. The van der Waals surface area contributed by atoms with Crippen molar-refractivity contribution in [2.24, 2.45) is 7.05 Å². The fourth-order valence-electron chi connectivity index (χ4n) is 1.97. The molecule has 0 saturated carbocycles. The number of unbranched alkanes of at least 4 members (excludes halogenated alkanes) is 1. The van der Waals surface area contributed by atoms with E-state index < -0.39 is 0 Å². The molecule has 6 nitrogen and oxygen atoms in total. The maximum absolute atomic E-state index is 12.2. The lowest BCUT2D eigenvalue weighted by molar-refractivity contribution is -0.118. The van der Waals surface area contributed by atoms with Crippen LogP contribution in [0.4, 0.5) is 0 Å². The Bertz CT molecular complexity index is 705. The number of rotatable bonds is 6. The van der Waals surface area contributed by atoms with Crippen LogP contribution in [0.3, 0.4) is 0 Å². The molecular weight excluding hydrogens is 288 g/mol. The number of aromatic amines is 1. The van der Waals surface area contributed by atoms with Gasteiger partial charge in [0.15, 0.2) is 5.16 Å². The van der Waals surface area contributed by atoms with Gasteiger partial charge in [0.1, 0.15) is 5.52 Å². The lowest BCUT2D eigenvalue weighted by atomic mass is 10.3. The number of amides is 1. The van der Waals surface area contributed by atoms with E-state index in [9.17, 15) is 9.59 Å². The summed E-state index contributed by atoms with van der Waals surface area (Å²) in [6.45, 7) is 4.65. The van der Waals surface area contributed by atoms with Crippen molar-refractivity contribution in [1.82, 2.24) is 19.9 Å². The van der Waals surface area contributed by atoms with Crippen molar-refractivity contribution in [2.45, 2.75) is 31.8 Å². The summed E-state index contributed by atoms with van der Waals surface area (Å²) >= 11 is 1.28. The van der Waals surface area contributed by atoms with Gasteiger partial charge in [-0.2, -0.15) is 0 Å². The highest BCUT2D eigenvalue weighted by Gasteiger charge is 2.12. The maximum Gasteiger partial charge on any atom is 0.278 e. The van der Waals surface area contributed by atoms with Gasteiger partial charge in [-0.1, -0.05) is 25.1 Å². The van der Waals surface area contributed by atoms with Crippen LogP contribution in [0.15, 0.2) is 16.0 Å². The number of nitrogens with one attached hydrogen (secondary N) is 2. The summed E-state index contributed by atoms with van der Waals surface area (Å²) < 4.78 is 1.47. The summed E-state index contributed by atoms with van der Waals surface area (Å²) in [5.41, 5.74) is 1.92. The fraction of sp³-hybridized carbons (Fsp3) is 0.500. The molecule has 0 aliphatic carbocycles. The molecule has 0 aromatic carbocycles. The smallest absolute Gasteiger partial charge is 0.278 e. The second-order valence-electron chi connectivity index (χ2n) is 4.96. The number of fused-ring (bicyclic) bond motifs is 1. The Kier molecular flexibility index (Phi) is 5.06. The lowest BCUT2D eigenvalue weighted by Crippen LogP contribution is -2.27. The Morgan fingerprint density at radius 3 is 3.00 bits per heavy atom. The van der Waals surface area contributed by atoms with E-state index in [1.54, 1.807) is 7.05 Å². The van der Waals surface area contributed by atoms with Crippen molar-refractivity contribution in [3.05, 3.63) is 22.1 Å². The molecule has 0 radical (unpaired) electrons. The number of hydrogen-bond acceptors (Lipinski definition) is 4. The standard InChI is InChI=1S/C14H20N4O2S/c1-4-5-6-15-11(19)8-21-14-17-10-7-9(2)16-12(10)13(20)18(14)3/h7,16H,4-6,8H2,1-3H3,(H,15,19). The first-order chi connectivity index (χ1) is 10.0. The third-order valence-electron chi connectivity index (χ3n) is 3.14. The lowest BCUT2D eigenvalue weighted by Gasteiger charge is -2.07. The number of aromatic nitrogens is 3. The van der Waals surface area contributed by atoms with Crippen LogP contribution >= 0.6 is 11.8 Å². The van der Waals surface area contributed by atoms with Crippen LogP contribution in [0, 0.1) is 6.92 Å². The molecule has 0 spiro atoms. The summed E-state index contributed by atoms with van der Waals surface area (Å²) in [6.07, 6.45) is 2.02. The summed E-state index contributed by atoms with van der Waals surface area (Å²) in [5.74, 6) is 0.229. The van der Waals surface area contributed by atoms with Crippen molar-refractivity contribution in [1.29, 1.82) is 0 Å². The van der Waals surface area contributed by atoms with Crippen LogP contribution in [0.25, 0.3) is 11.0 Å². The molecule has 21 heavy (non-hydrogen) atoms. The van der Waals surface area contributed by atoms with Gasteiger partial charge in [-0.15, -0.1) is 0 Å². The monoisotopic (exact) mass is 308 g/mol. The zero-order chi connectivity index (χ0) is 15.4. The van der Waals surface area contributed by atoms with Crippen LogP contribution in [0.1, 0.15) is 25.5 Å². The molecule has 0 saturated heterocycles. The number of H-pyrrole nitrogens is 1. The van der Waals surface area contributed by atoms with E-state index in [1.807, 2.05) is 13.0 Å². The van der Waals surface area contributed by atoms with Crippen molar-refractivity contribution in [3.63, 3.8) is 0 Å². The number of thioether (sulfide) groups is 1. The van der Waals surface area contributed by atoms with E-state index in [0.29, 0.717) is 22.7 Å². The fourth-order valence-corrected chi connectivity index (χ4v) is 2.77. The Morgan fingerprint density at radius 2 is 2.29 bits per heavy atom. The number of carbonyl (C=O) groups is 1. The molecule has 7 heteroatoms. The van der Waals surface area contributed by atoms with Crippen LogP contribution < -0.4 is 10.9 Å². The third kappa shape index (κ3) is 3.66. The normalized spacial score (nSPS) is 11.0. The van der Waals surface area contributed by atoms with Gasteiger partial charge in [0.05, 0.1) is 11.3 Å². The molecule has 0 atom stereocenters. The summed E-state index contributed by atoms with van der Waals surface area (Å²) in [6, 6.07) is 1.84. The number of aryl methyl sites for hydroxylation is 1. The molecular formula is C14H20N4O2S. The van der Waals surface area contributed by atoms with Gasteiger partial charge in [0.2, 0.25) is 5.91 Å². The second-order valence-corrected chi connectivity index (χ2v) is 5.91. The van der Waals surface area contributed by atoms with Gasteiger partial charge in [-0.05, 0) is 19.4 Å². The average molecular weight is 308 g/mol. The first kappa shape index (κ1) is 15.6. The van der Waals surface area contributed by atoms with Crippen molar-refractivity contribution >= 4 is 28.7 Å². The van der Waals surface area contributed by atoms with E-state index in [1.165, 1.54) is 16.3 Å². The largest absolute Gasteiger partial charge is 0.355 e. The molecule has 2 N–H and O–H groups in total. The van der Waals surface area contributed by atoms with Gasteiger partial charge in [-0.3, -0.25) is 14.2 Å². The topological polar surface area (TPSA) is 79.8 Å². The first-order valence-corrected chi connectivity index (χ1v) is 7.97. The molecule has 2 aromatic heterocycles. The molecule has 2 rings (SSSR count). The van der Waals surface area contributed by atoms with Crippen molar-refractivity contribution in [3.8, 4) is 0 Å². The molecule has 0 unspecified atom stereocenters. The molecule has 2 aromatic rings. The first-order valence-electron chi connectivity index (χ1n) is 6.98. The van der Waals surface area contributed by atoms with Gasteiger partial charge < -0.3 is 10.3 Å². The van der Waals surface area contributed by atoms with Gasteiger partial charge in [-0.25, -0.2) is 4.98 Å². The van der Waals surface area contributed by atoms with Crippen LogP contribution in [0.5, 0.6) is 0 Å². The van der Waals surface area contributed by atoms with E-state index in [2.05, 4.69) is 22.2 Å². The highest BCUT2D eigenvalue weighted by molar-refractivity contribution is 7.99.